The van der Waals surface area contributed by atoms with Gasteiger partial charge in [-0.1, -0.05) is 0 Å². The van der Waals surface area contributed by atoms with E-state index < -0.39 is 0 Å². The second-order valence-electron chi connectivity index (χ2n) is 3.05. The summed E-state index contributed by atoms with van der Waals surface area (Å²) in [6.07, 6.45) is 3.53. The van der Waals surface area contributed by atoms with Crippen LogP contribution in [0.5, 0.6) is 0 Å². The van der Waals surface area contributed by atoms with Crippen molar-refractivity contribution in [1.82, 2.24) is 15.1 Å². The van der Waals surface area contributed by atoms with Crippen LogP contribution in [0.2, 0.25) is 0 Å². The van der Waals surface area contributed by atoms with Crippen molar-refractivity contribution in [1.29, 1.82) is 0 Å². The van der Waals surface area contributed by atoms with Crippen LogP contribution in [0.3, 0.4) is 0 Å². The van der Waals surface area contributed by atoms with Crippen LogP contribution >= 0.6 is 0 Å². The predicted molar refractivity (Wildman–Crippen MR) is 53.4 cm³/mol. The van der Waals surface area contributed by atoms with E-state index in [1.54, 1.807) is 30.1 Å². The maximum atomic E-state index is 11.2. The monoisotopic (exact) mass is 205 g/mol. The molecule has 0 aliphatic carbocycles. The van der Waals surface area contributed by atoms with Gasteiger partial charge in [0.2, 0.25) is 0 Å². The molecular weight excluding hydrogens is 194 g/mol. The highest BCUT2D eigenvalue weighted by atomic mass is 16.4. The lowest BCUT2D eigenvalue weighted by atomic mass is 10.4. The lowest BCUT2D eigenvalue weighted by Crippen LogP contribution is -2.16. The zero-order valence-electron chi connectivity index (χ0n) is 8.30. The number of furan rings is 1. The zero-order valence-corrected chi connectivity index (χ0v) is 8.30. The summed E-state index contributed by atoms with van der Waals surface area (Å²) < 4.78 is 7.07. The summed E-state index contributed by atoms with van der Waals surface area (Å²) in [7, 11) is 1.57. The maximum absolute atomic E-state index is 11.2. The fourth-order valence-electron chi connectivity index (χ4n) is 1.26. The van der Waals surface area contributed by atoms with Crippen molar-refractivity contribution in [3.63, 3.8) is 0 Å². The normalized spacial score (nSPS) is 10.2. The molecule has 15 heavy (non-hydrogen) atoms. The van der Waals surface area contributed by atoms with Crippen LogP contribution in [0.25, 0.3) is 0 Å². The predicted octanol–water partition coefficient (Wildman–Crippen LogP) is 0.884. The number of aromatic nitrogens is 2. The minimum atomic E-state index is -0.221. The highest BCUT2D eigenvalue weighted by molar-refractivity contribution is 5.91. The Labute approximate surface area is 86.7 Å². The molecular formula is C10H11N3O2. The van der Waals surface area contributed by atoms with Crippen LogP contribution < -0.4 is 5.32 Å². The summed E-state index contributed by atoms with van der Waals surface area (Å²) in [4.78, 5) is 11.2. The fraction of sp³-hybridized carbons (Fsp3) is 0.200. The molecule has 2 rings (SSSR count). The van der Waals surface area contributed by atoms with Crippen LogP contribution in [0.15, 0.2) is 35.0 Å². The van der Waals surface area contributed by atoms with Crippen LogP contribution in [-0.4, -0.2) is 22.7 Å². The summed E-state index contributed by atoms with van der Waals surface area (Å²) in [5.41, 5.74) is 0. The number of nitrogens with one attached hydrogen (secondary N) is 1. The third-order valence-electron chi connectivity index (χ3n) is 1.99. The van der Waals surface area contributed by atoms with E-state index in [9.17, 15) is 4.79 Å². The number of carbonyl (C=O) groups is 1. The molecule has 0 atom stereocenters. The Morgan fingerprint density at radius 3 is 3.13 bits per heavy atom. The van der Waals surface area contributed by atoms with E-state index >= 15 is 0 Å². The standard InChI is InChI=1S/C10H11N3O2/c1-11-10(14)9-4-3-8(15-9)7-13-6-2-5-12-13/h2-6H,7H2,1H3,(H,11,14). The average molecular weight is 205 g/mol. The maximum Gasteiger partial charge on any atom is 0.286 e. The number of rotatable bonds is 3. The summed E-state index contributed by atoms with van der Waals surface area (Å²) in [5, 5.41) is 6.54. The molecule has 1 amide bonds. The molecule has 0 aliphatic rings. The van der Waals surface area contributed by atoms with Crippen molar-refractivity contribution in [2.75, 3.05) is 7.05 Å². The summed E-state index contributed by atoms with van der Waals surface area (Å²) >= 11 is 0. The van der Waals surface area contributed by atoms with Gasteiger partial charge >= 0.3 is 0 Å². The van der Waals surface area contributed by atoms with E-state index in [0.717, 1.165) is 0 Å². The number of amides is 1. The first-order valence-corrected chi connectivity index (χ1v) is 4.58. The van der Waals surface area contributed by atoms with Crippen molar-refractivity contribution < 1.29 is 9.21 Å². The Kier molecular flexibility index (Phi) is 2.53. The minimum Gasteiger partial charge on any atom is -0.454 e. The van der Waals surface area contributed by atoms with Gasteiger partial charge in [-0.15, -0.1) is 0 Å². The highest BCUT2D eigenvalue weighted by Crippen LogP contribution is 2.08. The second-order valence-corrected chi connectivity index (χ2v) is 3.05. The highest BCUT2D eigenvalue weighted by Gasteiger charge is 2.08. The van der Waals surface area contributed by atoms with E-state index in [1.165, 1.54) is 0 Å². The topological polar surface area (TPSA) is 60.1 Å². The van der Waals surface area contributed by atoms with Crippen molar-refractivity contribution in [3.8, 4) is 0 Å². The molecule has 1 N–H and O–H groups in total. The molecule has 2 heterocycles. The van der Waals surface area contributed by atoms with Gasteiger partial charge in [-0.25, -0.2) is 0 Å². The van der Waals surface area contributed by atoms with Gasteiger partial charge in [-0.2, -0.15) is 5.10 Å². The van der Waals surface area contributed by atoms with Gasteiger partial charge in [0, 0.05) is 19.4 Å². The quantitative estimate of drug-likeness (QED) is 0.809. The largest absolute Gasteiger partial charge is 0.454 e. The van der Waals surface area contributed by atoms with Gasteiger partial charge in [0.25, 0.3) is 5.91 Å². The third-order valence-corrected chi connectivity index (χ3v) is 1.99. The van der Waals surface area contributed by atoms with E-state index in [0.29, 0.717) is 18.1 Å². The average Bonchev–Trinajstić information content (AvgIpc) is 2.88. The summed E-state index contributed by atoms with van der Waals surface area (Å²) in [6, 6.07) is 5.26. The molecule has 0 fully saturated rings. The molecule has 0 radical (unpaired) electrons. The molecule has 5 heteroatoms. The first-order valence-electron chi connectivity index (χ1n) is 4.58. The van der Waals surface area contributed by atoms with Crippen LogP contribution in [0.4, 0.5) is 0 Å². The lowest BCUT2D eigenvalue weighted by molar-refractivity contribution is 0.0933. The number of hydrogen-bond acceptors (Lipinski definition) is 3. The van der Waals surface area contributed by atoms with E-state index in [-0.39, 0.29) is 5.91 Å². The molecule has 0 unspecified atom stereocenters. The molecule has 0 aromatic carbocycles. The van der Waals surface area contributed by atoms with Gasteiger partial charge < -0.3 is 9.73 Å². The van der Waals surface area contributed by atoms with Gasteiger partial charge in [-0.05, 0) is 18.2 Å². The summed E-state index contributed by atoms with van der Waals surface area (Å²) in [5.74, 6) is 0.804. The van der Waals surface area contributed by atoms with Crippen molar-refractivity contribution in [3.05, 3.63) is 42.1 Å². The van der Waals surface area contributed by atoms with Crippen LogP contribution in [0, 0.1) is 0 Å². The van der Waals surface area contributed by atoms with Crippen LogP contribution in [-0.2, 0) is 6.54 Å². The fourth-order valence-corrected chi connectivity index (χ4v) is 1.26. The first-order chi connectivity index (χ1) is 7.29. The number of hydrogen-bond donors (Lipinski definition) is 1. The van der Waals surface area contributed by atoms with Crippen molar-refractivity contribution in [2.45, 2.75) is 6.54 Å². The minimum absolute atomic E-state index is 0.221. The molecule has 5 nitrogen and oxygen atoms in total. The Hall–Kier alpha value is -2.04. The molecule has 0 saturated heterocycles. The Morgan fingerprint density at radius 2 is 2.47 bits per heavy atom. The molecule has 2 aromatic rings. The van der Waals surface area contributed by atoms with E-state index in [1.807, 2.05) is 12.3 Å². The van der Waals surface area contributed by atoms with Gasteiger partial charge in [0.1, 0.15) is 5.76 Å². The van der Waals surface area contributed by atoms with Crippen LogP contribution in [0.1, 0.15) is 16.3 Å². The number of nitrogens with zero attached hydrogens (tertiary/aromatic N) is 2. The van der Waals surface area contributed by atoms with Crippen molar-refractivity contribution >= 4 is 5.91 Å². The molecule has 0 saturated carbocycles. The van der Waals surface area contributed by atoms with E-state index in [4.69, 9.17) is 4.42 Å². The molecule has 0 bridgehead atoms. The molecule has 2 aromatic heterocycles. The first kappa shape index (κ1) is 9.51. The molecule has 0 aliphatic heterocycles. The third kappa shape index (κ3) is 2.07. The molecule has 78 valence electrons. The zero-order chi connectivity index (χ0) is 10.7. The van der Waals surface area contributed by atoms with Gasteiger partial charge in [0.05, 0.1) is 6.54 Å². The van der Waals surface area contributed by atoms with E-state index in [2.05, 4.69) is 10.4 Å². The smallest absolute Gasteiger partial charge is 0.286 e. The van der Waals surface area contributed by atoms with Crippen molar-refractivity contribution in [2.24, 2.45) is 0 Å². The SMILES string of the molecule is CNC(=O)c1ccc(Cn2cccn2)o1. The summed E-state index contributed by atoms with van der Waals surface area (Å²) in [6.45, 7) is 0.532. The van der Waals surface area contributed by atoms with Gasteiger partial charge in [0.15, 0.2) is 5.76 Å². The van der Waals surface area contributed by atoms with Gasteiger partial charge in [-0.3, -0.25) is 9.48 Å². The Balaban J connectivity index is 2.11. The lowest BCUT2D eigenvalue weighted by Gasteiger charge is -1.97. The Bertz CT molecular complexity index is 445. The second kappa shape index (κ2) is 4.00. The molecule has 0 spiro atoms. The number of carbonyl (C=O) groups excluding carboxylic acids is 1. The Morgan fingerprint density at radius 1 is 1.60 bits per heavy atom.